The molecule has 1 aromatic carbocycles. The van der Waals surface area contributed by atoms with Crippen molar-refractivity contribution in [3.63, 3.8) is 0 Å². The quantitative estimate of drug-likeness (QED) is 0.885. The molecule has 0 aliphatic carbocycles. The van der Waals surface area contributed by atoms with Gasteiger partial charge >= 0.3 is 0 Å². The molecule has 0 radical (unpaired) electrons. The maximum Gasteiger partial charge on any atom is 0.123 e. The van der Waals surface area contributed by atoms with Crippen LogP contribution in [0.15, 0.2) is 24.4 Å². The van der Waals surface area contributed by atoms with E-state index < -0.39 is 0 Å². The lowest BCUT2D eigenvalue weighted by atomic mass is 10.0. The fourth-order valence-electron chi connectivity index (χ4n) is 1.84. The molecule has 0 fully saturated rings. The van der Waals surface area contributed by atoms with Gasteiger partial charge in [0.1, 0.15) is 5.82 Å². The molecule has 0 aliphatic rings. The molecule has 0 saturated carbocycles. The lowest BCUT2D eigenvalue weighted by Gasteiger charge is -2.17. The fourth-order valence-corrected chi connectivity index (χ4v) is 2.61. The molecular formula is C13H15ClFN3S. The first-order valence-corrected chi connectivity index (χ1v) is 7.30. The number of rotatable bonds is 6. The van der Waals surface area contributed by atoms with E-state index >= 15 is 0 Å². The van der Waals surface area contributed by atoms with Crippen molar-refractivity contribution in [2.45, 2.75) is 25.8 Å². The second kappa shape index (κ2) is 6.93. The average Bonchev–Trinajstić information content (AvgIpc) is 2.92. The summed E-state index contributed by atoms with van der Waals surface area (Å²) in [5.74, 6) is -0.268. The van der Waals surface area contributed by atoms with Crippen LogP contribution in [0.5, 0.6) is 0 Å². The topological polar surface area (TPSA) is 37.8 Å². The Bertz CT molecular complexity index is 519. The van der Waals surface area contributed by atoms with Crippen LogP contribution in [0.4, 0.5) is 4.39 Å². The minimum atomic E-state index is -0.268. The monoisotopic (exact) mass is 299 g/mol. The predicted molar refractivity (Wildman–Crippen MR) is 76.1 cm³/mol. The molecule has 0 amide bonds. The normalized spacial score (nSPS) is 12.6. The molecule has 6 heteroatoms. The summed E-state index contributed by atoms with van der Waals surface area (Å²) >= 11 is 7.46. The van der Waals surface area contributed by atoms with E-state index in [1.54, 1.807) is 12.3 Å². The Labute approximate surface area is 121 Å². The third kappa shape index (κ3) is 3.96. The Morgan fingerprint density at radius 2 is 2.32 bits per heavy atom. The van der Waals surface area contributed by atoms with Crippen LogP contribution in [0.3, 0.4) is 0 Å². The SMILES string of the molecule is CCCNC(Cc1cc(F)ccc1Cl)c1cnns1. The van der Waals surface area contributed by atoms with Crippen LogP contribution in [0.2, 0.25) is 5.02 Å². The zero-order valence-electron chi connectivity index (χ0n) is 10.6. The molecule has 0 saturated heterocycles. The van der Waals surface area contributed by atoms with Gasteiger partial charge in [0, 0.05) is 11.1 Å². The van der Waals surface area contributed by atoms with Crippen molar-refractivity contribution in [3.05, 3.63) is 45.7 Å². The largest absolute Gasteiger partial charge is 0.309 e. The number of nitrogens with one attached hydrogen (secondary N) is 1. The first-order valence-electron chi connectivity index (χ1n) is 6.15. The minimum Gasteiger partial charge on any atom is -0.309 e. The van der Waals surface area contributed by atoms with Crippen LogP contribution < -0.4 is 5.32 Å². The predicted octanol–water partition coefficient (Wildman–Crippen LogP) is 3.61. The van der Waals surface area contributed by atoms with E-state index in [2.05, 4.69) is 21.8 Å². The van der Waals surface area contributed by atoms with Crippen molar-refractivity contribution in [2.24, 2.45) is 0 Å². The second-order valence-electron chi connectivity index (χ2n) is 4.27. The van der Waals surface area contributed by atoms with Crippen LogP contribution in [0.1, 0.15) is 29.8 Å². The van der Waals surface area contributed by atoms with E-state index in [-0.39, 0.29) is 11.9 Å². The Kier molecular flexibility index (Phi) is 5.24. The van der Waals surface area contributed by atoms with Crippen LogP contribution in [-0.2, 0) is 6.42 Å². The van der Waals surface area contributed by atoms with E-state index in [4.69, 9.17) is 11.6 Å². The number of aromatic nitrogens is 2. The Morgan fingerprint density at radius 3 is 3.00 bits per heavy atom. The molecule has 3 nitrogen and oxygen atoms in total. The fraction of sp³-hybridized carbons (Fsp3) is 0.385. The maximum atomic E-state index is 13.3. The van der Waals surface area contributed by atoms with Gasteiger partial charge in [-0.3, -0.25) is 0 Å². The molecule has 1 heterocycles. The standard InChI is InChI=1S/C13H15ClFN3S/c1-2-5-16-12(13-8-17-18-19-13)7-9-6-10(15)3-4-11(9)14/h3-4,6,8,12,16H,2,5,7H2,1H3. The lowest BCUT2D eigenvalue weighted by Crippen LogP contribution is -2.23. The van der Waals surface area contributed by atoms with Gasteiger partial charge in [0.2, 0.25) is 0 Å². The summed E-state index contributed by atoms with van der Waals surface area (Å²) in [6.07, 6.45) is 3.39. The molecule has 1 atom stereocenters. The molecule has 1 unspecified atom stereocenters. The van der Waals surface area contributed by atoms with Gasteiger partial charge in [-0.25, -0.2) is 4.39 Å². The van der Waals surface area contributed by atoms with Crippen molar-refractivity contribution < 1.29 is 4.39 Å². The minimum absolute atomic E-state index is 0.0687. The average molecular weight is 300 g/mol. The Hall–Kier alpha value is -1.04. The van der Waals surface area contributed by atoms with Crippen molar-refractivity contribution in [1.29, 1.82) is 0 Å². The number of halogens is 2. The molecule has 2 aromatic rings. The molecule has 2 rings (SSSR count). The van der Waals surface area contributed by atoms with Gasteiger partial charge in [0.25, 0.3) is 0 Å². The first-order chi connectivity index (χ1) is 9.20. The summed E-state index contributed by atoms with van der Waals surface area (Å²) in [4.78, 5) is 1.04. The summed E-state index contributed by atoms with van der Waals surface area (Å²) in [6, 6.07) is 4.51. The van der Waals surface area contributed by atoms with Crippen LogP contribution >= 0.6 is 23.1 Å². The highest BCUT2D eigenvalue weighted by atomic mass is 35.5. The summed E-state index contributed by atoms with van der Waals surface area (Å²) in [5, 5.41) is 7.86. The molecule has 0 aliphatic heterocycles. The van der Waals surface area contributed by atoms with Crippen LogP contribution in [-0.4, -0.2) is 16.1 Å². The van der Waals surface area contributed by atoms with Gasteiger partial charge in [-0.2, -0.15) is 0 Å². The van der Waals surface area contributed by atoms with Crippen LogP contribution in [0, 0.1) is 5.82 Å². The van der Waals surface area contributed by atoms with Gasteiger partial charge in [-0.15, -0.1) is 5.10 Å². The molecule has 1 aromatic heterocycles. The molecule has 1 N–H and O–H groups in total. The third-order valence-electron chi connectivity index (χ3n) is 2.79. The van der Waals surface area contributed by atoms with Gasteiger partial charge in [-0.1, -0.05) is 23.0 Å². The van der Waals surface area contributed by atoms with E-state index in [0.29, 0.717) is 11.4 Å². The van der Waals surface area contributed by atoms with Gasteiger partial charge < -0.3 is 5.32 Å². The smallest absolute Gasteiger partial charge is 0.123 e. The van der Waals surface area contributed by atoms with Crippen molar-refractivity contribution >= 4 is 23.1 Å². The van der Waals surface area contributed by atoms with Gasteiger partial charge in [0.15, 0.2) is 0 Å². The molecular weight excluding hydrogens is 285 g/mol. The van der Waals surface area contributed by atoms with Crippen molar-refractivity contribution in [2.75, 3.05) is 6.54 Å². The highest BCUT2D eigenvalue weighted by molar-refractivity contribution is 7.05. The van der Waals surface area contributed by atoms with Gasteiger partial charge in [0.05, 0.1) is 11.1 Å². The number of hydrogen-bond acceptors (Lipinski definition) is 4. The van der Waals surface area contributed by atoms with Crippen molar-refractivity contribution in [1.82, 2.24) is 14.9 Å². The van der Waals surface area contributed by atoms with E-state index in [0.717, 1.165) is 23.4 Å². The number of benzene rings is 1. The zero-order chi connectivity index (χ0) is 13.7. The summed E-state index contributed by atoms with van der Waals surface area (Å²) < 4.78 is 17.2. The van der Waals surface area contributed by atoms with Crippen molar-refractivity contribution in [3.8, 4) is 0 Å². The van der Waals surface area contributed by atoms with E-state index in [1.807, 2.05) is 0 Å². The summed E-state index contributed by atoms with van der Waals surface area (Å²) in [7, 11) is 0. The van der Waals surface area contributed by atoms with E-state index in [9.17, 15) is 4.39 Å². The lowest BCUT2D eigenvalue weighted by molar-refractivity contribution is 0.533. The Balaban J connectivity index is 2.17. The molecule has 0 spiro atoms. The summed E-state index contributed by atoms with van der Waals surface area (Å²) in [5.41, 5.74) is 0.795. The highest BCUT2D eigenvalue weighted by Crippen LogP contribution is 2.25. The van der Waals surface area contributed by atoms with Crippen LogP contribution in [0.25, 0.3) is 0 Å². The summed E-state index contributed by atoms with van der Waals surface area (Å²) in [6.45, 7) is 2.99. The third-order valence-corrected chi connectivity index (χ3v) is 3.94. The first kappa shape index (κ1) is 14.4. The van der Waals surface area contributed by atoms with E-state index in [1.165, 1.54) is 23.7 Å². The number of nitrogens with zero attached hydrogens (tertiary/aromatic N) is 2. The molecule has 102 valence electrons. The number of hydrogen-bond donors (Lipinski definition) is 1. The second-order valence-corrected chi connectivity index (χ2v) is 5.49. The molecule has 0 bridgehead atoms. The zero-order valence-corrected chi connectivity index (χ0v) is 12.1. The van der Waals surface area contributed by atoms with Gasteiger partial charge in [-0.05, 0) is 54.7 Å². The Morgan fingerprint density at radius 1 is 1.47 bits per heavy atom. The highest BCUT2D eigenvalue weighted by Gasteiger charge is 2.16. The molecule has 19 heavy (non-hydrogen) atoms. The maximum absolute atomic E-state index is 13.3.